The lowest BCUT2D eigenvalue weighted by atomic mass is 10.2. The monoisotopic (exact) mass is 309 g/mol. The highest BCUT2D eigenvalue weighted by atomic mass is 16.5. The number of hydrogen-bond acceptors (Lipinski definition) is 5. The fourth-order valence-electron chi connectivity index (χ4n) is 2.02. The molecule has 0 aliphatic heterocycles. The molecule has 116 valence electrons. The van der Waals surface area contributed by atoms with E-state index in [4.69, 9.17) is 4.74 Å². The third-order valence-electron chi connectivity index (χ3n) is 3.09. The summed E-state index contributed by atoms with van der Waals surface area (Å²) in [5, 5.41) is 16.6. The van der Waals surface area contributed by atoms with Crippen molar-refractivity contribution in [1.82, 2.24) is 20.6 Å². The van der Waals surface area contributed by atoms with Gasteiger partial charge in [0.15, 0.2) is 0 Å². The Morgan fingerprint density at radius 2 is 2.00 bits per heavy atom. The van der Waals surface area contributed by atoms with Crippen molar-refractivity contribution in [3.63, 3.8) is 0 Å². The number of benzene rings is 2. The first-order valence-corrected chi connectivity index (χ1v) is 7.13. The summed E-state index contributed by atoms with van der Waals surface area (Å²) in [7, 11) is 0. The predicted octanol–water partition coefficient (Wildman–Crippen LogP) is 2.27. The SMILES string of the molecule is O=C(CCOc1ccccc1)Nc1cccc(-c2nn[nH]n2)c1. The molecule has 0 aliphatic rings. The van der Waals surface area contributed by atoms with Crippen LogP contribution in [0.25, 0.3) is 11.4 Å². The fourth-order valence-corrected chi connectivity index (χ4v) is 2.02. The van der Waals surface area contributed by atoms with E-state index in [0.717, 1.165) is 11.3 Å². The summed E-state index contributed by atoms with van der Waals surface area (Å²) in [5.41, 5.74) is 1.45. The molecule has 0 fully saturated rings. The number of carbonyl (C=O) groups excluding carboxylic acids is 1. The normalized spacial score (nSPS) is 10.3. The summed E-state index contributed by atoms with van der Waals surface area (Å²) in [5.74, 6) is 1.11. The van der Waals surface area contributed by atoms with Crippen LogP contribution >= 0.6 is 0 Å². The lowest BCUT2D eigenvalue weighted by molar-refractivity contribution is -0.116. The van der Waals surface area contributed by atoms with Gasteiger partial charge in [-0.3, -0.25) is 4.79 Å². The van der Waals surface area contributed by atoms with E-state index in [0.29, 0.717) is 18.1 Å². The number of H-pyrrole nitrogens is 1. The summed E-state index contributed by atoms with van der Waals surface area (Å²) in [4.78, 5) is 12.0. The van der Waals surface area contributed by atoms with Gasteiger partial charge in [0.1, 0.15) is 5.75 Å². The molecule has 23 heavy (non-hydrogen) atoms. The Morgan fingerprint density at radius 1 is 1.13 bits per heavy atom. The molecule has 2 N–H and O–H groups in total. The van der Waals surface area contributed by atoms with Gasteiger partial charge < -0.3 is 10.1 Å². The largest absolute Gasteiger partial charge is 0.493 e. The van der Waals surface area contributed by atoms with Gasteiger partial charge in [0, 0.05) is 11.3 Å². The number of nitrogens with one attached hydrogen (secondary N) is 2. The number of anilines is 1. The van der Waals surface area contributed by atoms with Gasteiger partial charge in [-0.1, -0.05) is 30.3 Å². The molecule has 0 saturated heterocycles. The summed E-state index contributed by atoms with van der Waals surface area (Å²) >= 11 is 0. The summed E-state index contributed by atoms with van der Waals surface area (Å²) in [6, 6.07) is 16.7. The Bertz CT molecular complexity index is 759. The van der Waals surface area contributed by atoms with Crippen LogP contribution in [-0.4, -0.2) is 33.1 Å². The maximum Gasteiger partial charge on any atom is 0.227 e. The maximum atomic E-state index is 12.0. The molecule has 0 spiro atoms. The van der Waals surface area contributed by atoms with Gasteiger partial charge in [-0.2, -0.15) is 5.21 Å². The van der Waals surface area contributed by atoms with Gasteiger partial charge in [-0.15, -0.1) is 10.2 Å². The maximum absolute atomic E-state index is 12.0. The lowest BCUT2D eigenvalue weighted by Gasteiger charge is -2.08. The number of amides is 1. The van der Waals surface area contributed by atoms with Gasteiger partial charge in [0.05, 0.1) is 13.0 Å². The number of nitrogens with zero attached hydrogens (tertiary/aromatic N) is 3. The molecule has 7 nitrogen and oxygen atoms in total. The Hall–Kier alpha value is -3.22. The second kappa shape index (κ2) is 7.17. The molecular formula is C16H15N5O2. The second-order valence-electron chi connectivity index (χ2n) is 4.78. The molecule has 3 aromatic rings. The predicted molar refractivity (Wildman–Crippen MR) is 84.8 cm³/mol. The van der Waals surface area contributed by atoms with E-state index in [1.54, 1.807) is 12.1 Å². The number of tetrazole rings is 1. The van der Waals surface area contributed by atoms with Gasteiger partial charge in [0.25, 0.3) is 0 Å². The van der Waals surface area contributed by atoms with Crippen molar-refractivity contribution in [3.8, 4) is 17.1 Å². The van der Waals surface area contributed by atoms with Crippen LogP contribution in [0.15, 0.2) is 54.6 Å². The fraction of sp³-hybridized carbons (Fsp3) is 0.125. The molecule has 1 heterocycles. The highest BCUT2D eigenvalue weighted by molar-refractivity contribution is 5.91. The molecule has 0 unspecified atom stereocenters. The molecule has 7 heteroatoms. The zero-order chi connectivity index (χ0) is 15.9. The molecule has 3 rings (SSSR count). The first-order chi connectivity index (χ1) is 11.3. The smallest absolute Gasteiger partial charge is 0.227 e. The van der Waals surface area contributed by atoms with Crippen LogP contribution < -0.4 is 10.1 Å². The zero-order valence-corrected chi connectivity index (χ0v) is 12.3. The Kier molecular flexibility index (Phi) is 4.58. The zero-order valence-electron chi connectivity index (χ0n) is 12.3. The number of hydrogen-bond donors (Lipinski definition) is 2. The van der Waals surface area contributed by atoms with Crippen molar-refractivity contribution in [1.29, 1.82) is 0 Å². The van der Waals surface area contributed by atoms with Crippen molar-refractivity contribution in [3.05, 3.63) is 54.6 Å². The summed E-state index contributed by atoms with van der Waals surface area (Å²) in [6.45, 7) is 0.320. The van der Waals surface area contributed by atoms with Gasteiger partial charge >= 0.3 is 0 Å². The van der Waals surface area contributed by atoms with Crippen LogP contribution in [0.5, 0.6) is 5.75 Å². The first-order valence-electron chi connectivity index (χ1n) is 7.13. The van der Waals surface area contributed by atoms with Crippen molar-refractivity contribution in [2.24, 2.45) is 0 Å². The highest BCUT2D eigenvalue weighted by Crippen LogP contribution is 2.18. The first kappa shape index (κ1) is 14.7. The molecule has 0 atom stereocenters. The molecule has 1 amide bonds. The van der Waals surface area contributed by atoms with E-state index in [1.165, 1.54) is 0 Å². The Morgan fingerprint density at radius 3 is 2.78 bits per heavy atom. The van der Waals surface area contributed by atoms with E-state index in [2.05, 4.69) is 25.9 Å². The van der Waals surface area contributed by atoms with Crippen LogP contribution in [0.2, 0.25) is 0 Å². The second-order valence-corrected chi connectivity index (χ2v) is 4.78. The standard InChI is InChI=1S/C16H15N5O2/c22-15(9-10-23-14-7-2-1-3-8-14)17-13-6-4-5-12(11-13)16-18-20-21-19-16/h1-8,11H,9-10H2,(H,17,22)(H,18,19,20,21). The Balaban J connectivity index is 1.53. The third-order valence-corrected chi connectivity index (χ3v) is 3.09. The topological polar surface area (TPSA) is 92.8 Å². The Labute approximate surface area is 132 Å². The van der Waals surface area contributed by atoms with Crippen molar-refractivity contribution < 1.29 is 9.53 Å². The molecule has 0 bridgehead atoms. The van der Waals surface area contributed by atoms with Crippen LogP contribution in [0.1, 0.15) is 6.42 Å². The van der Waals surface area contributed by atoms with E-state index in [9.17, 15) is 4.79 Å². The highest BCUT2D eigenvalue weighted by Gasteiger charge is 2.06. The number of aromatic nitrogens is 4. The number of carbonyl (C=O) groups is 1. The molecule has 0 radical (unpaired) electrons. The number of ether oxygens (including phenoxy) is 1. The lowest BCUT2D eigenvalue weighted by Crippen LogP contribution is -2.15. The van der Waals surface area contributed by atoms with Crippen LogP contribution in [0, 0.1) is 0 Å². The average Bonchev–Trinajstić information content (AvgIpc) is 3.11. The van der Waals surface area contributed by atoms with Crippen molar-refractivity contribution >= 4 is 11.6 Å². The molecule has 1 aromatic heterocycles. The van der Waals surface area contributed by atoms with Crippen molar-refractivity contribution in [2.45, 2.75) is 6.42 Å². The van der Waals surface area contributed by atoms with Crippen molar-refractivity contribution in [2.75, 3.05) is 11.9 Å². The van der Waals surface area contributed by atoms with E-state index < -0.39 is 0 Å². The summed E-state index contributed by atoms with van der Waals surface area (Å²) in [6.07, 6.45) is 0.265. The quantitative estimate of drug-likeness (QED) is 0.728. The van der Waals surface area contributed by atoms with Crippen LogP contribution in [-0.2, 0) is 4.79 Å². The van der Waals surface area contributed by atoms with Crippen LogP contribution in [0.4, 0.5) is 5.69 Å². The number of rotatable bonds is 6. The molecule has 0 saturated carbocycles. The third kappa shape index (κ3) is 4.13. The van der Waals surface area contributed by atoms with Gasteiger partial charge in [0.2, 0.25) is 11.7 Å². The average molecular weight is 309 g/mol. The van der Waals surface area contributed by atoms with Gasteiger partial charge in [-0.25, -0.2) is 0 Å². The van der Waals surface area contributed by atoms with Gasteiger partial charge in [-0.05, 0) is 29.5 Å². The minimum absolute atomic E-state index is 0.119. The minimum Gasteiger partial charge on any atom is -0.493 e. The van der Waals surface area contributed by atoms with Crippen LogP contribution in [0.3, 0.4) is 0 Å². The molecule has 0 aliphatic carbocycles. The molecule has 2 aromatic carbocycles. The number of para-hydroxylation sites is 1. The van der Waals surface area contributed by atoms with E-state index in [-0.39, 0.29) is 12.3 Å². The number of aromatic amines is 1. The molecular weight excluding hydrogens is 294 g/mol. The minimum atomic E-state index is -0.119. The summed E-state index contributed by atoms with van der Waals surface area (Å²) < 4.78 is 5.50. The van der Waals surface area contributed by atoms with E-state index in [1.807, 2.05) is 42.5 Å². The van der Waals surface area contributed by atoms with E-state index >= 15 is 0 Å².